The summed E-state index contributed by atoms with van der Waals surface area (Å²) in [4.78, 5) is 22.2. The SMILES string of the molecule is O=C(NCC1CCCOC1)NC(CCO)C(=O)O. The number of nitrogens with one attached hydrogen (secondary N) is 2. The van der Waals surface area contributed by atoms with Crippen molar-refractivity contribution in [1.29, 1.82) is 0 Å². The number of aliphatic hydroxyl groups is 1. The van der Waals surface area contributed by atoms with E-state index >= 15 is 0 Å². The Morgan fingerprint density at radius 2 is 2.22 bits per heavy atom. The Hall–Kier alpha value is -1.34. The Kier molecular flexibility index (Phi) is 6.45. The summed E-state index contributed by atoms with van der Waals surface area (Å²) in [6.45, 7) is 1.57. The fourth-order valence-electron chi connectivity index (χ4n) is 1.80. The van der Waals surface area contributed by atoms with E-state index in [9.17, 15) is 9.59 Å². The van der Waals surface area contributed by atoms with Crippen molar-refractivity contribution in [3.05, 3.63) is 0 Å². The van der Waals surface area contributed by atoms with Gasteiger partial charge in [0.15, 0.2) is 0 Å². The number of carbonyl (C=O) groups excluding carboxylic acids is 1. The van der Waals surface area contributed by atoms with Gasteiger partial charge < -0.3 is 25.6 Å². The van der Waals surface area contributed by atoms with Crippen LogP contribution >= 0.6 is 0 Å². The summed E-state index contributed by atoms with van der Waals surface area (Å²) in [5.74, 6) is -0.870. The minimum atomic E-state index is -1.15. The average Bonchev–Trinajstić information content (AvgIpc) is 2.37. The third kappa shape index (κ3) is 5.33. The van der Waals surface area contributed by atoms with Gasteiger partial charge in [-0.15, -0.1) is 0 Å². The van der Waals surface area contributed by atoms with Crippen molar-refractivity contribution >= 4 is 12.0 Å². The molecule has 0 spiro atoms. The van der Waals surface area contributed by atoms with Gasteiger partial charge >= 0.3 is 12.0 Å². The number of aliphatic carboxylic acids is 1. The summed E-state index contributed by atoms with van der Waals surface area (Å²) >= 11 is 0. The van der Waals surface area contributed by atoms with E-state index in [4.69, 9.17) is 14.9 Å². The maximum atomic E-state index is 11.5. The fourth-order valence-corrected chi connectivity index (χ4v) is 1.80. The quantitative estimate of drug-likeness (QED) is 0.517. The molecule has 0 aromatic rings. The molecule has 0 bridgehead atoms. The number of carboxylic acid groups (broad SMARTS) is 1. The van der Waals surface area contributed by atoms with Crippen LogP contribution in [0.4, 0.5) is 4.79 Å². The summed E-state index contributed by atoms with van der Waals surface area (Å²) in [5.41, 5.74) is 0. The highest BCUT2D eigenvalue weighted by Gasteiger charge is 2.20. The standard InChI is InChI=1S/C11H20N2O5/c14-4-3-9(10(15)16)13-11(17)12-6-8-2-1-5-18-7-8/h8-9,14H,1-7H2,(H,15,16)(H2,12,13,17). The number of carboxylic acids is 1. The molecule has 1 aliphatic rings. The summed E-state index contributed by atoms with van der Waals surface area (Å²) in [6, 6.07) is -1.58. The Bertz CT molecular complexity index is 279. The number of amides is 2. The molecule has 7 heteroatoms. The van der Waals surface area contributed by atoms with Crippen LogP contribution in [0.2, 0.25) is 0 Å². The number of carbonyl (C=O) groups is 2. The first-order chi connectivity index (χ1) is 8.63. The van der Waals surface area contributed by atoms with E-state index in [2.05, 4.69) is 10.6 Å². The molecule has 0 saturated carbocycles. The molecule has 4 N–H and O–H groups in total. The van der Waals surface area contributed by atoms with E-state index < -0.39 is 18.0 Å². The molecule has 1 heterocycles. The molecule has 1 fully saturated rings. The minimum Gasteiger partial charge on any atom is -0.480 e. The molecule has 1 aliphatic heterocycles. The van der Waals surface area contributed by atoms with Crippen LogP contribution in [0.15, 0.2) is 0 Å². The first kappa shape index (κ1) is 14.7. The van der Waals surface area contributed by atoms with Crippen LogP contribution in [0.5, 0.6) is 0 Å². The van der Waals surface area contributed by atoms with E-state index in [1.165, 1.54) is 0 Å². The number of urea groups is 1. The Labute approximate surface area is 106 Å². The van der Waals surface area contributed by atoms with Gasteiger partial charge in [-0.25, -0.2) is 9.59 Å². The maximum Gasteiger partial charge on any atom is 0.326 e. The predicted octanol–water partition coefficient (Wildman–Crippen LogP) is -0.452. The van der Waals surface area contributed by atoms with Gasteiger partial charge in [0.1, 0.15) is 6.04 Å². The molecule has 18 heavy (non-hydrogen) atoms. The molecule has 2 atom stereocenters. The first-order valence-electron chi connectivity index (χ1n) is 6.09. The van der Waals surface area contributed by atoms with Gasteiger partial charge in [0.2, 0.25) is 0 Å². The van der Waals surface area contributed by atoms with Crippen molar-refractivity contribution in [3.63, 3.8) is 0 Å². The molecule has 104 valence electrons. The second-order valence-corrected chi connectivity index (χ2v) is 4.34. The Morgan fingerprint density at radius 3 is 2.78 bits per heavy atom. The largest absolute Gasteiger partial charge is 0.480 e. The van der Waals surface area contributed by atoms with Crippen LogP contribution in [-0.2, 0) is 9.53 Å². The van der Waals surface area contributed by atoms with Crippen molar-refractivity contribution in [1.82, 2.24) is 10.6 Å². The molecule has 0 aromatic heterocycles. The number of ether oxygens (including phenoxy) is 1. The smallest absolute Gasteiger partial charge is 0.326 e. The fraction of sp³-hybridized carbons (Fsp3) is 0.818. The van der Waals surface area contributed by atoms with Crippen LogP contribution in [0.3, 0.4) is 0 Å². The van der Waals surface area contributed by atoms with Crippen LogP contribution < -0.4 is 10.6 Å². The van der Waals surface area contributed by atoms with Gasteiger partial charge in [-0.1, -0.05) is 0 Å². The second-order valence-electron chi connectivity index (χ2n) is 4.34. The minimum absolute atomic E-state index is 0.00467. The van der Waals surface area contributed by atoms with Crippen LogP contribution in [0.1, 0.15) is 19.3 Å². The lowest BCUT2D eigenvalue weighted by molar-refractivity contribution is -0.139. The van der Waals surface area contributed by atoms with E-state index in [0.717, 1.165) is 19.4 Å². The van der Waals surface area contributed by atoms with Gasteiger partial charge in [-0.3, -0.25) is 0 Å². The van der Waals surface area contributed by atoms with Crippen molar-refractivity contribution in [3.8, 4) is 0 Å². The monoisotopic (exact) mass is 260 g/mol. The van der Waals surface area contributed by atoms with Crippen molar-refractivity contribution in [2.45, 2.75) is 25.3 Å². The van der Waals surface area contributed by atoms with Crippen LogP contribution in [-0.4, -0.2) is 54.6 Å². The summed E-state index contributed by atoms with van der Waals surface area (Å²) in [7, 11) is 0. The third-order valence-corrected chi connectivity index (χ3v) is 2.83. The molecule has 1 saturated heterocycles. The molecule has 2 amide bonds. The van der Waals surface area contributed by atoms with Crippen molar-refractivity contribution in [2.24, 2.45) is 5.92 Å². The summed E-state index contributed by atoms with van der Waals surface area (Å²) in [6.07, 6.45) is 1.98. The first-order valence-corrected chi connectivity index (χ1v) is 6.09. The molecule has 1 rings (SSSR count). The van der Waals surface area contributed by atoms with E-state index in [0.29, 0.717) is 13.2 Å². The lowest BCUT2D eigenvalue weighted by atomic mass is 10.0. The van der Waals surface area contributed by atoms with Crippen molar-refractivity contribution in [2.75, 3.05) is 26.4 Å². The Balaban J connectivity index is 2.24. The molecular weight excluding hydrogens is 240 g/mol. The van der Waals surface area contributed by atoms with Gasteiger partial charge in [0.05, 0.1) is 6.61 Å². The van der Waals surface area contributed by atoms with Gasteiger partial charge in [0.25, 0.3) is 0 Å². The van der Waals surface area contributed by atoms with Gasteiger partial charge in [0, 0.05) is 26.2 Å². The highest BCUT2D eigenvalue weighted by molar-refractivity contribution is 5.82. The molecule has 0 aliphatic carbocycles. The third-order valence-electron chi connectivity index (χ3n) is 2.83. The number of aliphatic hydroxyl groups excluding tert-OH is 1. The summed E-state index contributed by atoms with van der Waals surface area (Å²) in [5, 5.41) is 22.4. The molecule has 0 aromatic carbocycles. The van der Waals surface area contributed by atoms with Crippen LogP contribution in [0, 0.1) is 5.92 Å². The van der Waals surface area contributed by atoms with E-state index in [-0.39, 0.29) is 18.9 Å². The maximum absolute atomic E-state index is 11.5. The number of hydrogen-bond acceptors (Lipinski definition) is 4. The highest BCUT2D eigenvalue weighted by atomic mass is 16.5. The normalized spacial score (nSPS) is 21.1. The lowest BCUT2D eigenvalue weighted by Crippen LogP contribution is -2.47. The lowest BCUT2D eigenvalue weighted by Gasteiger charge is -2.22. The topological polar surface area (TPSA) is 108 Å². The molecular formula is C11H20N2O5. The number of rotatable bonds is 6. The Morgan fingerprint density at radius 1 is 1.44 bits per heavy atom. The predicted molar refractivity (Wildman–Crippen MR) is 63.2 cm³/mol. The van der Waals surface area contributed by atoms with E-state index in [1.54, 1.807) is 0 Å². The zero-order valence-corrected chi connectivity index (χ0v) is 10.2. The second kappa shape index (κ2) is 7.88. The van der Waals surface area contributed by atoms with E-state index in [1.807, 2.05) is 0 Å². The van der Waals surface area contributed by atoms with Gasteiger partial charge in [-0.2, -0.15) is 0 Å². The zero-order chi connectivity index (χ0) is 13.4. The van der Waals surface area contributed by atoms with Crippen LogP contribution in [0.25, 0.3) is 0 Å². The number of hydrogen-bond donors (Lipinski definition) is 4. The zero-order valence-electron chi connectivity index (χ0n) is 10.2. The molecule has 0 radical (unpaired) electrons. The summed E-state index contributed by atoms with van der Waals surface area (Å²) < 4.78 is 5.27. The van der Waals surface area contributed by atoms with Crippen molar-refractivity contribution < 1.29 is 24.5 Å². The molecule has 2 unspecified atom stereocenters. The average molecular weight is 260 g/mol. The highest BCUT2D eigenvalue weighted by Crippen LogP contribution is 2.11. The van der Waals surface area contributed by atoms with Gasteiger partial charge in [-0.05, 0) is 18.8 Å². The molecule has 7 nitrogen and oxygen atoms in total.